The van der Waals surface area contributed by atoms with Crippen LogP contribution in [-0.2, 0) is 12.5 Å². The Labute approximate surface area is 158 Å². The van der Waals surface area contributed by atoms with Gasteiger partial charge in [-0.25, -0.2) is 4.57 Å². The van der Waals surface area contributed by atoms with Gasteiger partial charge in [-0.15, -0.1) is 0 Å². The molecule has 0 spiro atoms. The number of para-hydroxylation sites is 2. The van der Waals surface area contributed by atoms with Gasteiger partial charge in [0.15, 0.2) is 11.0 Å². The normalized spacial score (nSPS) is 12.6. The second-order valence-corrected chi connectivity index (χ2v) is 8.51. The van der Waals surface area contributed by atoms with Gasteiger partial charge in [-0.1, -0.05) is 45.0 Å². The van der Waals surface area contributed by atoms with E-state index in [0.29, 0.717) is 0 Å². The van der Waals surface area contributed by atoms with Gasteiger partial charge in [0.1, 0.15) is 5.52 Å². The molecule has 5 rings (SSSR count). The van der Waals surface area contributed by atoms with E-state index in [1.54, 1.807) is 0 Å². The Kier molecular flexibility index (Phi) is 3.18. The minimum Gasteiger partial charge on any atom is -0.255 e. The molecular formula is C24H24N3+. The van der Waals surface area contributed by atoms with Crippen LogP contribution in [0.25, 0.3) is 38.5 Å². The van der Waals surface area contributed by atoms with E-state index < -0.39 is 0 Å². The van der Waals surface area contributed by atoms with Crippen molar-refractivity contribution in [1.29, 1.82) is 0 Å². The third kappa shape index (κ3) is 2.08. The molecule has 3 nitrogen and oxygen atoms in total. The van der Waals surface area contributed by atoms with E-state index in [1.807, 2.05) is 6.20 Å². The van der Waals surface area contributed by atoms with E-state index in [1.165, 1.54) is 44.1 Å². The standard InChI is InChI=1S/C24H24N3/c1-15-13-14-25-22-20(15)23-26(5)17-10-6-7-11-18(17)27(23)19-12-8-9-16(21(19)22)24(2,3)4/h6-14H,1-5H3/q+1. The van der Waals surface area contributed by atoms with Gasteiger partial charge < -0.3 is 0 Å². The molecule has 0 N–H and O–H groups in total. The fourth-order valence-electron chi connectivity index (χ4n) is 4.47. The van der Waals surface area contributed by atoms with E-state index in [2.05, 4.69) is 92.2 Å². The van der Waals surface area contributed by atoms with E-state index in [4.69, 9.17) is 4.98 Å². The van der Waals surface area contributed by atoms with Gasteiger partial charge in [0.2, 0.25) is 0 Å². The molecular weight excluding hydrogens is 330 g/mol. The van der Waals surface area contributed by atoms with Gasteiger partial charge in [0.05, 0.1) is 23.3 Å². The Morgan fingerprint density at radius 2 is 1.63 bits per heavy atom. The molecule has 134 valence electrons. The predicted molar refractivity (Wildman–Crippen MR) is 112 cm³/mol. The van der Waals surface area contributed by atoms with Crippen molar-refractivity contribution in [3.63, 3.8) is 0 Å². The fraction of sp³-hybridized carbons (Fsp3) is 0.250. The highest BCUT2D eigenvalue weighted by Crippen LogP contribution is 2.37. The van der Waals surface area contributed by atoms with Crippen LogP contribution < -0.4 is 4.57 Å². The van der Waals surface area contributed by atoms with Crippen molar-refractivity contribution in [1.82, 2.24) is 9.38 Å². The number of aromatic nitrogens is 3. The summed E-state index contributed by atoms with van der Waals surface area (Å²) in [5, 5.41) is 2.50. The first-order chi connectivity index (χ1) is 12.9. The third-order valence-corrected chi connectivity index (χ3v) is 5.72. The van der Waals surface area contributed by atoms with Crippen LogP contribution in [0.2, 0.25) is 0 Å². The summed E-state index contributed by atoms with van der Waals surface area (Å²) < 4.78 is 4.71. The van der Waals surface area contributed by atoms with Crippen LogP contribution in [0.5, 0.6) is 0 Å². The number of aryl methyl sites for hydroxylation is 2. The molecule has 27 heavy (non-hydrogen) atoms. The first-order valence-corrected chi connectivity index (χ1v) is 9.49. The molecule has 3 aromatic heterocycles. The molecule has 0 bridgehead atoms. The van der Waals surface area contributed by atoms with E-state index in [-0.39, 0.29) is 5.41 Å². The average Bonchev–Trinajstić information content (AvgIpc) is 2.94. The monoisotopic (exact) mass is 354 g/mol. The SMILES string of the molecule is Cc1ccnc2c3c(C(C)(C)C)cccc3n3c4ccccc4[n+](C)c3c12. The molecule has 0 fully saturated rings. The average molecular weight is 354 g/mol. The molecule has 2 aromatic carbocycles. The summed E-state index contributed by atoms with van der Waals surface area (Å²) in [6, 6.07) is 17.4. The lowest BCUT2D eigenvalue weighted by Gasteiger charge is -2.21. The lowest BCUT2D eigenvalue weighted by molar-refractivity contribution is -0.617. The summed E-state index contributed by atoms with van der Waals surface area (Å²) in [4.78, 5) is 4.88. The Hall–Kier alpha value is -2.94. The molecule has 0 saturated heterocycles. The molecule has 0 radical (unpaired) electrons. The lowest BCUT2D eigenvalue weighted by atomic mass is 9.83. The summed E-state index contributed by atoms with van der Waals surface area (Å²) in [5.74, 6) is 0. The number of benzene rings is 2. The summed E-state index contributed by atoms with van der Waals surface area (Å²) in [6.45, 7) is 9.03. The van der Waals surface area contributed by atoms with Crippen molar-refractivity contribution in [3.05, 3.63) is 65.9 Å². The maximum Gasteiger partial charge on any atom is 0.297 e. The molecule has 0 aliphatic carbocycles. The molecule has 0 atom stereocenters. The molecule has 0 aliphatic heterocycles. The Balaban J connectivity index is 2.25. The summed E-state index contributed by atoms with van der Waals surface area (Å²) in [7, 11) is 2.16. The number of rotatable bonds is 0. The zero-order chi connectivity index (χ0) is 18.9. The van der Waals surface area contributed by atoms with Crippen LogP contribution in [0, 0.1) is 6.92 Å². The van der Waals surface area contributed by atoms with Crippen molar-refractivity contribution in [2.24, 2.45) is 7.05 Å². The van der Waals surface area contributed by atoms with Gasteiger partial charge in [0.25, 0.3) is 5.65 Å². The van der Waals surface area contributed by atoms with E-state index in [9.17, 15) is 0 Å². The molecule has 0 saturated carbocycles. The van der Waals surface area contributed by atoms with Gasteiger partial charge >= 0.3 is 0 Å². The largest absolute Gasteiger partial charge is 0.297 e. The summed E-state index contributed by atoms with van der Waals surface area (Å²) in [5.41, 5.74) is 8.62. The number of nitrogens with zero attached hydrogens (tertiary/aromatic N) is 3. The van der Waals surface area contributed by atoms with E-state index in [0.717, 1.165) is 5.52 Å². The Morgan fingerprint density at radius 1 is 0.889 bits per heavy atom. The number of hydrogen-bond acceptors (Lipinski definition) is 1. The zero-order valence-corrected chi connectivity index (χ0v) is 16.5. The maximum absolute atomic E-state index is 4.88. The van der Waals surface area contributed by atoms with Crippen molar-refractivity contribution < 1.29 is 4.57 Å². The van der Waals surface area contributed by atoms with Gasteiger partial charge in [-0.3, -0.25) is 4.98 Å². The second kappa shape index (κ2) is 5.29. The first kappa shape index (κ1) is 16.2. The molecule has 3 heteroatoms. The Bertz CT molecular complexity index is 1370. The number of pyridine rings is 2. The van der Waals surface area contributed by atoms with Crippen molar-refractivity contribution in [2.45, 2.75) is 33.1 Å². The van der Waals surface area contributed by atoms with Crippen LogP contribution in [0.4, 0.5) is 0 Å². The lowest BCUT2D eigenvalue weighted by Crippen LogP contribution is -2.27. The maximum atomic E-state index is 4.88. The highest BCUT2D eigenvalue weighted by atomic mass is 15.1. The fourth-order valence-corrected chi connectivity index (χ4v) is 4.47. The van der Waals surface area contributed by atoms with E-state index >= 15 is 0 Å². The number of hydrogen-bond donors (Lipinski definition) is 0. The number of fused-ring (bicyclic) bond motifs is 8. The van der Waals surface area contributed by atoms with Crippen molar-refractivity contribution >= 4 is 38.5 Å². The van der Waals surface area contributed by atoms with Gasteiger partial charge in [0, 0.05) is 6.20 Å². The predicted octanol–water partition coefficient (Wildman–Crippen LogP) is 5.22. The summed E-state index contributed by atoms with van der Waals surface area (Å²) in [6.07, 6.45) is 1.94. The smallest absolute Gasteiger partial charge is 0.255 e. The quantitative estimate of drug-likeness (QED) is 0.276. The highest BCUT2D eigenvalue weighted by molar-refractivity contribution is 6.13. The molecule has 5 aromatic rings. The van der Waals surface area contributed by atoms with Crippen molar-refractivity contribution in [2.75, 3.05) is 0 Å². The minimum atomic E-state index is 0.0384. The highest BCUT2D eigenvalue weighted by Gasteiger charge is 2.28. The zero-order valence-electron chi connectivity index (χ0n) is 16.5. The minimum absolute atomic E-state index is 0.0384. The van der Waals surface area contributed by atoms with Crippen LogP contribution >= 0.6 is 0 Å². The van der Waals surface area contributed by atoms with Crippen LogP contribution in [0.15, 0.2) is 54.7 Å². The second-order valence-electron chi connectivity index (χ2n) is 8.51. The third-order valence-electron chi connectivity index (χ3n) is 5.72. The molecule has 3 heterocycles. The van der Waals surface area contributed by atoms with Gasteiger partial charge in [-0.05, 0) is 47.7 Å². The molecule has 0 amide bonds. The molecule has 0 unspecified atom stereocenters. The van der Waals surface area contributed by atoms with Crippen molar-refractivity contribution in [3.8, 4) is 0 Å². The summed E-state index contributed by atoms with van der Waals surface area (Å²) >= 11 is 0. The Morgan fingerprint density at radius 3 is 2.41 bits per heavy atom. The molecule has 0 aliphatic rings. The first-order valence-electron chi connectivity index (χ1n) is 9.49. The van der Waals surface area contributed by atoms with Crippen LogP contribution in [0.3, 0.4) is 0 Å². The van der Waals surface area contributed by atoms with Crippen LogP contribution in [0.1, 0.15) is 31.9 Å². The van der Waals surface area contributed by atoms with Gasteiger partial charge in [-0.2, -0.15) is 4.40 Å². The topological polar surface area (TPSA) is 21.2 Å². The number of imidazole rings is 1. The van der Waals surface area contributed by atoms with Crippen LogP contribution in [-0.4, -0.2) is 9.38 Å².